The lowest BCUT2D eigenvalue weighted by atomic mass is 10.1. The number of carbonyl (C=O) groups excluding carboxylic acids is 2. The van der Waals surface area contributed by atoms with Gasteiger partial charge < -0.3 is 10.2 Å². The van der Waals surface area contributed by atoms with Crippen molar-refractivity contribution in [2.45, 2.75) is 46.2 Å². The predicted octanol–water partition coefficient (Wildman–Crippen LogP) is 4.60. The van der Waals surface area contributed by atoms with Gasteiger partial charge in [0.05, 0.1) is 6.42 Å². The van der Waals surface area contributed by atoms with Crippen LogP contribution in [0.2, 0.25) is 5.02 Å². The molecular formula is C23H28ClFN2O2. The molecule has 0 fully saturated rings. The van der Waals surface area contributed by atoms with Crippen molar-refractivity contribution in [2.75, 3.05) is 6.54 Å². The molecule has 2 amide bonds. The number of carbonyl (C=O) groups is 2. The first-order valence-corrected chi connectivity index (χ1v) is 10.2. The second kappa shape index (κ2) is 11.0. The maximum atomic E-state index is 13.2. The summed E-state index contributed by atoms with van der Waals surface area (Å²) in [6.45, 7) is 6.69. The van der Waals surface area contributed by atoms with Crippen molar-refractivity contribution in [3.05, 3.63) is 70.5 Å². The highest BCUT2D eigenvalue weighted by atomic mass is 35.5. The molecule has 0 heterocycles. The molecule has 0 spiro atoms. The molecular weight excluding hydrogens is 391 g/mol. The van der Waals surface area contributed by atoms with E-state index in [4.69, 9.17) is 11.6 Å². The van der Waals surface area contributed by atoms with Crippen LogP contribution in [-0.4, -0.2) is 29.3 Å². The monoisotopic (exact) mass is 418 g/mol. The summed E-state index contributed by atoms with van der Waals surface area (Å²) in [6.07, 6.45) is 1.02. The van der Waals surface area contributed by atoms with Gasteiger partial charge in [0.1, 0.15) is 11.9 Å². The van der Waals surface area contributed by atoms with Gasteiger partial charge in [-0.25, -0.2) is 4.39 Å². The van der Waals surface area contributed by atoms with Crippen LogP contribution in [0.15, 0.2) is 48.5 Å². The Labute approximate surface area is 177 Å². The van der Waals surface area contributed by atoms with Gasteiger partial charge in [-0.1, -0.05) is 49.7 Å². The highest BCUT2D eigenvalue weighted by molar-refractivity contribution is 6.30. The van der Waals surface area contributed by atoms with E-state index in [1.165, 1.54) is 17.0 Å². The van der Waals surface area contributed by atoms with E-state index in [9.17, 15) is 14.0 Å². The molecule has 2 aromatic rings. The molecule has 0 unspecified atom stereocenters. The lowest BCUT2D eigenvalue weighted by Gasteiger charge is -2.29. The van der Waals surface area contributed by atoms with E-state index in [0.717, 1.165) is 17.5 Å². The molecule has 156 valence electrons. The van der Waals surface area contributed by atoms with Gasteiger partial charge in [-0.2, -0.15) is 0 Å². The standard InChI is InChI=1S/C23H28ClFN2O2/c1-16(2)12-13-26-23(29)17(3)27(15-19-6-10-21(25)11-7-19)22(28)14-18-4-8-20(24)9-5-18/h4-11,16-17H,12-15H2,1-3H3,(H,26,29)/t17-/m0/s1. The summed E-state index contributed by atoms with van der Waals surface area (Å²) < 4.78 is 13.2. The molecule has 1 N–H and O–H groups in total. The molecule has 0 saturated carbocycles. The van der Waals surface area contributed by atoms with Gasteiger partial charge in [-0.15, -0.1) is 0 Å². The normalized spacial score (nSPS) is 11.9. The van der Waals surface area contributed by atoms with E-state index in [2.05, 4.69) is 19.2 Å². The number of nitrogens with one attached hydrogen (secondary N) is 1. The van der Waals surface area contributed by atoms with E-state index in [1.807, 2.05) is 0 Å². The molecule has 0 aliphatic carbocycles. The Hall–Kier alpha value is -2.40. The van der Waals surface area contributed by atoms with E-state index >= 15 is 0 Å². The molecule has 4 nitrogen and oxygen atoms in total. The third kappa shape index (κ3) is 7.50. The predicted molar refractivity (Wildman–Crippen MR) is 114 cm³/mol. The molecule has 2 aromatic carbocycles. The first-order chi connectivity index (χ1) is 13.8. The number of hydrogen-bond donors (Lipinski definition) is 1. The van der Waals surface area contributed by atoms with E-state index < -0.39 is 6.04 Å². The van der Waals surface area contributed by atoms with Crippen LogP contribution in [0.3, 0.4) is 0 Å². The van der Waals surface area contributed by atoms with Crippen LogP contribution in [0.25, 0.3) is 0 Å². The third-order valence-corrected chi connectivity index (χ3v) is 4.97. The third-order valence-electron chi connectivity index (χ3n) is 4.72. The first kappa shape index (κ1) is 22.9. The fourth-order valence-electron chi connectivity index (χ4n) is 2.88. The lowest BCUT2D eigenvalue weighted by molar-refractivity contribution is -0.140. The number of nitrogens with zero attached hydrogens (tertiary/aromatic N) is 1. The summed E-state index contributed by atoms with van der Waals surface area (Å²) in [5.74, 6) is -0.236. The summed E-state index contributed by atoms with van der Waals surface area (Å²) in [5, 5.41) is 3.50. The zero-order valence-electron chi connectivity index (χ0n) is 17.1. The van der Waals surface area contributed by atoms with Crippen LogP contribution < -0.4 is 5.32 Å². The second-order valence-corrected chi connectivity index (χ2v) is 8.04. The van der Waals surface area contributed by atoms with E-state index in [-0.39, 0.29) is 30.6 Å². The lowest BCUT2D eigenvalue weighted by Crippen LogP contribution is -2.48. The number of amides is 2. The largest absolute Gasteiger partial charge is 0.354 e. The average molecular weight is 419 g/mol. The Morgan fingerprint density at radius 1 is 1.00 bits per heavy atom. The zero-order chi connectivity index (χ0) is 21.4. The van der Waals surface area contributed by atoms with Crippen molar-refractivity contribution < 1.29 is 14.0 Å². The van der Waals surface area contributed by atoms with Crippen molar-refractivity contribution >= 4 is 23.4 Å². The molecule has 6 heteroatoms. The topological polar surface area (TPSA) is 49.4 Å². The minimum absolute atomic E-state index is 0.155. The minimum Gasteiger partial charge on any atom is -0.354 e. The summed E-state index contributed by atoms with van der Waals surface area (Å²) in [4.78, 5) is 27.2. The summed E-state index contributed by atoms with van der Waals surface area (Å²) in [5.41, 5.74) is 1.58. The quantitative estimate of drug-likeness (QED) is 0.646. The molecule has 0 aliphatic rings. The van der Waals surface area contributed by atoms with Gasteiger partial charge in [-0.3, -0.25) is 9.59 Å². The van der Waals surface area contributed by atoms with Crippen LogP contribution in [0.5, 0.6) is 0 Å². The number of rotatable bonds is 9. The number of hydrogen-bond acceptors (Lipinski definition) is 2. The van der Waals surface area contributed by atoms with Crippen LogP contribution in [-0.2, 0) is 22.6 Å². The molecule has 0 saturated heterocycles. The van der Waals surface area contributed by atoms with Crippen LogP contribution in [0.1, 0.15) is 38.3 Å². The highest BCUT2D eigenvalue weighted by Gasteiger charge is 2.26. The van der Waals surface area contributed by atoms with Crippen LogP contribution >= 0.6 is 11.6 Å². The molecule has 1 atom stereocenters. The summed E-state index contributed by atoms with van der Waals surface area (Å²) in [7, 11) is 0. The van der Waals surface area contributed by atoms with Gasteiger partial charge in [0.2, 0.25) is 11.8 Å². The first-order valence-electron chi connectivity index (χ1n) is 9.82. The maximum absolute atomic E-state index is 13.2. The Morgan fingerprint density at radius 3 is 2.17 bits per heavy atom. The van der Waals surface area contributed by atoms with Crippen molar-refractivity contribution in [3.8, 4) is 0 Å². The SMILES string of the molecule is CC(C)CCNC(=O)[C@H](C)N(Cc1ccc(F)cc1)C(=O)Cc1ccc(Cl)cc1. The Bertz CT molecular complexity index is 807. The van der Waals surface area contributed by atoms with Crippen LogP contribution in [0.4, 0.5) is 4.39 Å². The van der Waals surface area contributed by atoms with Gasteiger partial charge in [0.15, 0.2) is 0 Å². The van der Waals surface area contributed by atoms with Crippen molar-refractivity contribution in [1.82, 2.24) is 10.2 Å². The minimum atomic E-state index is -0.646. The van der Waals surface area contributed by atoms with Crippen molar-refractivity contribution in [3.63, 3.8) is 0 Å². The Kier molecular flexibility index (Phi) is 8.65. The van der Waals surface area contributed by atoms with E-state index in [1.54, 1.807) is 43.3 Å². The van der Waals surface area contributed by atoms with Crippen molar-refractivity contribution in [2.24, 2.45) is 5.92 Å². The van der Waals surface area contributed by atoms with Gasteiger partial charge >= 0.3 is 0 Å². The average Bonchev–Trinajstić information content (AvgIpc) is 2.68. The Balaban J connectivity index is 2.14. The van der Waals surface area contributed by atoms with E-state index in [0.29, 0.717) is 17.5 Å². The molecule has 0 radical (unpaired) electrons. The van der Waals surface area contributed by atoms with Crippen LogP contribution in [0, 0.1) is 11.7 Å². The molecule has 2 rings (SSSR count). The van der Waals surface area contributed by atoms with Gasteiger partial charge in [-0.05, 0) is 54.7 Å². The molecule has 29 heavy (non-hydrogen) atoms. The zero-order valence-corrected chi connectivity index (χ0v) is 17.9. The number of benzene rings is 2. The fourth-order valence-corrected chi connectivity index (χ4v) is 3.01. The fraction of sp³-hybridized carbons (Fsp3) is 0.391. The van der Waals surface area contributed by atoms with Crippen molar-refractivity contribution in [1.29, 1.82) is 0 Å². The van der Waals surface area contributed by atoms with Gasteiger partial charge in [0.25, 0.3) is 0 Å². The summed E-state index contributed by atoms with van der Waals surface area (Å²) in [6, 6.07) is 12.4. The molecule has 0 aromatic heterocycles. The van der Waals surface area contributed by atoms with Gasteiger partial charge in [0, 0.05) is 18.1 Å². The molecule has 0 bridgehead atoms. The maximum Gasteiger partial charge on any atom is 0.242 e. The summed E-state index contributed by atoms with van der Waals surface area (Å²) >= 11 is 5.91. The smallest absolute Gasteiger partial charge is 0.242 e. The highest BCUT2D eigenvalue weighted by Crippen LogP contribution is 2.15. The second-order valence-electron chi connectivity index (χ2n) is 7.60. The Morgan fingerprint density at radius 2 is 1.59 bits per heavy atom. The molecule has 0 aliphatic heterocycles. The number of halogens is 2.